The fourth-order valence-corrected chi connectivity index (χ4v) is 1.87. The Morgan fingerprint density at radius 3 is 2.07 bits per heavy atom. The minimum atomic E-state index is 0.385. The van der Waals surface area contributed by atoms with Crippen molar-refractivity contribution in [2.75, 3.05) is 0 Å². The van der Waals surface area contributed by atoms with Crippen LogP contribution in [0.1, 0.15) is 0 Å². The first-order chi connectivity index (χ1) is 7.15. The number of hydrogen-bond donors (Lipinski definition) is 0. The predicted molar refractivity (Wildman–Crippen MR) is 62.5 cm³/mol. The molecule has 1 aromatic heterocycles. The van der Waals surface area contributed by atoms with Crippen molar-refractivity contribution in [3.05, 3.63) is 45.8 Å². The van der Waals surface area contributed by atoms with Gasteiger partial charge in [0.05, 0.1) is 5.69 Å². The summed E-state index contributed by atoms with van der Waals surface area (Å²) in [4.78, 5) is 7.88. The molecular weight excluding hydrogens is 254 g/mol. The van der Waals surface area contributed by atoms with Crippen LogP contribution < -0.4 is 0 Å². The van der Waals surface area contributed by atoms with E-state index in [2.05, 4.69) is 9.97 Å². The van der Waals surface area contributed by atoms with E-state index in [1.54, 1.807) is 24.3 Å². The van der Waals surface area contributed by atoms with Crippen molar-refractivity contribution in [3.8, 4) is 11.3 Å². The summed E-state index contributed by atoms with van der Waals surface area (Å²) >= 11 is 17.5. The van der Waals surface area contributed by atoms with Crippen LogP contribution in [0.3, 0.4) is 0 Å². The van der Waals surface area contributed by atoms with E-state index in [1.807, 2.05) is 0 Å². The highest BCUT2D eigenvalue weighted by Crippen LogP contribution is 2.26. The van der Waals surface area contributed by atoms with E-state index in [1.165, 1.54) is 6.33 Å². The van der Waals surface area contributed by atoms with E-state index in [4.69, 9.17) is 34.8 Å². The highest BCUT2D eigenvalue weighted by atomic mass is 35.5. The fourth-order valence-electron chi connectivity index (χ4n) is 1.19. The summed E-state index contributed by atoms with van der Waals surface area (Å²) in [5, 5.41) is 1.51. The molecule has 0 atom stereocenters. The number of rotatable bonds is 1. The van der Waals surface area contributed by atoms with Crippen molar-refractivity contribution in [1.29, 1.82) is 0 Å². The zero-order valence-corrected chi connectivity index (χ0v) is 9.68. The summed E-state index contributed by atoms with van der Waals surface area (Å²) in [6.45, 7) is 0. The topological polar surface area (TPSA) is 25.8 Å². The van der Waals surface area contributed by atoms with Crippen LogP contribution in [0.25, 0.3) is 11.3 Å². The Hall–Kier alpha value is -0.830. The molecule has 0 radical (unpaired) electrons. The molecule has 0 fully saturated rings. The second-order valence-electron chi connectivity index (χ2n) is 2.88. The van der Waals surface area contributed by atoms with Crippen molar-refractivity contribution in [1.82, 2.24) is 9.97 Å². The summed E-state index contributed by atoms with van der Waals surface area (Å²) in [5.41, 5.74) is 1.51. The van der Waals surface area contributed by atoms with Gasteiger partial charge < -0.3 is 0 Å². The molecule has 0 bridgehead atoms. The van der Waals surface area contributed by atoms with E-state index in [-0.39, 0.29) is 0 Å². The second-order valence-corrected chi connectivity index (χ2v) is 4.14. The molecule has 0 unspecified atom stereocenters. The minimum absolute atomic E-state index is 0.385. The SMILES string of the molecule is Clc1cc(Cl)cc(-c2cc(Cl)ncn2)c1. The molecule has 0 aliphatic carbocycles. The Kier molecular flexibility index (Phi) is 3.10. The Morgan fingerprint density at radius 1 is 0.800 bits per heavy atom. The van der Waals surface area contributed by atoms with Crippen molar-refractivity contribution in [3.63, 3.8) is 0 Å². The van der Waals surface area contributed by atoms with Crippen LogP contribution >= 0.6 is 34.8 Å². The summed E-state index contributed by atoms with van der Waals surface area (Å²) in [7, 11) is 0. The normalized spacial score (nSPS) is 10.3. The van der Waals surface area contributed by atoms with Gasteiger partial charge >= 0.3 is 0 Å². The summed E-state index contributed by atoms with van der Waals surface area (Å²) in [5.74, 6) is 0. The Labute approximate surface area is 102 Å². The standard InChI is InChI=1S/C10H5Cl3N2/c11-7-1-6(2-8(12)3-7)9-4-10(13)15-5-14-9/h1-5H. The van der Waals surface area contributed by atoms with Gasteiger partial charge in [-0.25, -0.2) is 9.97 Å². The van der Waals surface area contributed by atoms with Crippen molar-refractivity contribution < 1.29 is 0 Å². The monoisotopic (exact) mass is 258 g/mol. The average molecular weight is 260 g/mol. The van der Waals surface area contributed by atoms with Gasteiger partial charge in [0.1, 0.15) is 11.5 Å². The van der Waals surface area contributed by atoms with Gasteiger partial charge in [-0.3, -0.25) is 0 Å². The zero-order chi connectivity index (χ0) is 10.8. The largest absolute Gasteiger partial charge is 0.236 e. The van der Waals surface area contributed by atoms with E-state index in [9.17, 15) is 0 Å². The lowest BCUT2D eigenvalue weighted by molar-refractivity contribution is 1.17. The first-order valence-electron chi connectivity index (χ1n) is 4.09. The minimum Gasteiger partial charge on any atom is -0.236 e. The Bertz CT molecular complexity index is 480. The van der Waals surface area contributed by atoms with Gasteiger partial charge in [-0.15, -0.1) is 0 Å². The smallest absolute Gasteiger partial charge is 0.133 e. The van der Waals surface area contributed by atoms with Gasteiger partial charge in [-0.1, -0.05) is 34.8 Å². The predicted octanol–water partition coefficient (Wildman–Crippen LogP) is 4.10. The van der Waals surface area contributed by atoms with E-state index >= 15 is 0 Å². The molecule has 2 nitrogen and oxygen atoms in total. The average Bonchev–Trinajstić information content (AvgIpc) is 2.16. The number of halogens is 3. The molecule has 0 spiro atoms. The molecule has 0 saturated carbocycles. The van der Waals surface area contributed by atoms with Crippen LogP contribution in [0.5, 0.6) is 0 Å². The van der Waals surface area contributed by atoms with Crippen LogP contribution in [0, 0.1) is 0 Å². The van der Waals surface area contributed by atoms with Crippen LogP contribution in [0.2, 0.25) is 15.2 Å². The third-order valence-corrected chi connectivity index (χ3v) is 2.44. The van der Waals surface area contributed by atoms with Crippen LogP contribution in [-0.4, -0.2) is 9.97 Å². The van der Waals surface area contributed by atoms with Gasteiger partial charge in [-0.05, 0) is 18.2 Å². The number of benzene rings is 1. The number of aromatic nitrogens is 2. The van der Waals surface area contributed by atoms with Gasteiger partial charge in [0, 0.05) is 21.7 Å². The quantitative estimate of drug-likeness (QED) is 0.721. The lowest BCUT2D eigenvalue weighted by Crippen LogP contribution is -1.85. The third-order valence-electron chi connectivity index (χ3n) is 1.79. The molecule has 15 heavy (non-hydrogen) atoms. The van der Waals surface area contributed by atoms with Crippen molar-refractivity contribution in [2.45, 2.75) is 0 Å². The number of nitrogens with zero attached hydrogens (tertiary/aromatic N) is 2. The van der Waals surface area contributed by atoms with Crippen LogP contribution in [0.4, 0.5) is 0 Å². The van der Waals surface area contributed by atoms with E-state index < -0.39 is 0 Å². The first kappa shape index (κ1) is 10.7. The molecule has 76 valence electrons. The molecule has 2 rings (SSSR count). The third kappa shape index (κ3) is 2.59. The molecule has 0 aliphatic heterocycles. The molecule has 0 amide bonds. The van der Waals surface area contributed by atoms with E-state index in [0.29, 0.717) is 20.9 Å². The molecule has 1 aromatic carbocycles. The lowest BCUT2D eigenvalue weighted by atomic mass is 10.1. The molecule has 5 heteroatoms. The molecule has 0 aliphatic rings. The van der Waals surface area contributed by atoms with Crippen molar-refractivity contribution >= 4 is 34.8 Å². The molecule has 1 heterocycles. The lowest BCUT2D eigenvalue weighted by Gasteiger charge is -2.02. The van der Waals surface area contributed by atoms with Crippen LogP contribution in [0.15, 0.2) is 30.6 Å². The number of hydrogen-bond acceptors (Lipinski definition) is 2. The molecule has 0 N–H and O–H groups in total. The van der Waals surface area contributed by atoms with Crippen molar-refractivity contribution in [2.24, 2.45) is 0 Å². The van der Waals surface area contributed by atoms with Gasteiger partial charge in [0.15, 0.2) is 0 Å². The molecule has 0 saturated heterocycles. The maximum Gasteiger partial charge on any atom is 0.133 e. The highest BCUT2D eigenvalue weighted by molar-refractivity contribution is 6.35. The highest BCUT2D eigenvalue weighted by Gasteiger charge is 2.03. The molecule has 2 aromatic rings. The summed E-state index contributed by atoms with van der Waals surface area (Å²) in [6.07, 6.45) is 1.40. The van der Waals surface area contributed by atoms with Crippen LogP contribution in [-0.2, 0) is 0 Å². The maximum atomic E-state index is 5.88. The fraction of sp³-hybridized carbons (Fsp3) is 0. The first-order valence-corrected chi connectivity index (χ1v) is 5.22. The summed E-state index contributed by atoms with van der Waals surface area (Å²) in [6, 6.07) is 6.86. The van der Waals surface area contributed by atoms with Gasteiger partial charge in [0.2, 0.25) is 0 Å². The zero-order valence-electron chi connectivity index (χ0n) is 7.42. The molecular formula is C10H5Cl3N2. The summed E-state index contributed by atoms with van der Waals surface area (Å²) < 4.78 is 0. The van der Waals surface area contributed by atoms with E-state index in [0.717, 1.165) is 5.56 Å². The Balaban J connectivity index is 2.54. The Morgan fingerprint density at radius 2 is 1.47 bits per heavy atom. The van der Waals surface area contributed by atoms with Gasteiger partial charge in [-0.2, -0.15) is 0 Å². The maximum absolute atomic E-state index is 5.88. The second kappa shape index (κ2) is 4.35. The van der Waals surface area contributed by atoms with Gasteiger partial charge in [0.25, 0.3) is 0 Å².